The number of nitrogens with one attached hydrogen (secondary N) is 4. The molecular weight excluding hydrogens is 472 g/mol. The van der Waals surface area contributed by atoms with E-state index >= 15 is 0 Å². The molecule has 2 heterocycles. The predicted molar refractivity (Wildman–Crippen MR) is 133 cm³/mol. The molecule has 0 radical (unpaired) electrons. The molecular formula is C24H25ClN6O4. The van der Waals surface area contributed by atoms with E-state index in [-0.39, 0.29) is 18.6 Å². The van der Waals surface area contributed by atoms with Gasteiger partial charge in [-0.1, -0.05) is 11.6 Å². The van der Waals surface area contributed by atoms with Gasteiger partial charge in [0.2, 0.25) is 12.7 Å². The summed E-state index contributed by atoms with van der Waals surface area (Å²) in [6.07, 6.45) is 0. The first kappa shape index (κ1) is 24.1. The number of carbonyl (C=O) groups is 2. The van der Waals surface area contributed by atoms with Crippen LogP contribution in [0.1, 0.15) is 17.3 Å². The van der Waals surface area contributed by atoms with Crippen molar-refractivity contribution in [2.75, 3.05) is 43.6 Å². The SMILES string of the molecule is CC(=O)NCCNc1cc(NCCNC(=O)c2ccc3c(c2)OCO3)nc(-c2ccc(Cl)cc2)n1. The quantitative estimate of drug-likeness (QED) is 0.316. The Morgan fingerprint density at radius 2 is 1.51 bits per heavy atom. The minimum Gasteiger partial charge on any atom is -0.454 e. The fourth-order valence-electron chi connectivity index (χ4n) is 3.29. The highest BCUT2D eigenvalue weighted by Crippen LogP contribution is 2.32. The molecule has 1 aliphatic heterocycles. The number of ether oxygens (including phenoxy) is 2. The summed E-state index contributed by atoms with van der Waals surface area (Å²) in [7, 11) is 0. The number of hydrogen-bond donors (Lipinski definition) is 4. The van der Waals surface area contributed by atoms with Gasteiger partial charge in [-0.2, -0.15) is 0 Å². The molecule has 0 saturated heterocycles. The molecule has 3 aromatic rings. The van der Waals surface area contributed by atoms with E-state index in [9.17, 15) is 9.59 Å². The number of nitrogens with zero attached hydrogens (tertiary/aromatic N) is 2. The van der Waals surface area contributed by atoms with E-state index in [1.807, 2.05) is 12.1 Å². The minimum absolute atomic E-state index is 0.0958. The molecule has 4 rings (SSSR count). The normalized spacial score (nSPS) is 11.6. The van der Waals surface area contributed by atoms with Crippen molar-refractivity contribution < 1.29 is 19.1 Å². The summed E-state index contributed by atoms with van der Waals surface area (Å²) in [5.41, 5.74) is 1.30. The van der Waals surface area contributed by atoms with Crippen LogP contribution >= 0.6 is 11.6 Å². The average Bonchev–Trinajstić information content (AvgIpc) is 3.33. The van der Waals surface area contributed by atoms with Crippen molar-refractivity contribution >= 4 is 35.1 Å². The maximum Gasteiger partial charge on any atom is 0.251 e. The maximum absolute atomic E-state index is 12.5. The highest BCUT2D eigenvalue weighted by molar-refractivity contribution is 6.30. The lowest BCUT2D eigenvalue weighted by Crippen LogP contribution is -2.29. The number of amides is 2. The number of halogens is 1. The highest BCUT2D eigenvalue weighted by Gasteiger charge is 2.16. The smallest absolute Gasteiger partial charge is 0.251 e. The molecule has 1 aromatic heterocycles. The molecule has 2 amide bonds. The Hall–Kier alpha value is -4.05. The lowest BCUT2D eigenvalue weighted by atomic mass is 10.2. The summed E-state index contributed by atoms with van der Waals surface area (Å²) in [5.74, 6) is 2.58. The van der Waals surface area contributed by atoms with Crippen LogP contribution in [0.25, 0.3) is 11.4 Å². The predicted octanol–water partition coefficient (Wildman–Crippen LogP) is 2.92. The number of fused-ring (bicyclic) bond motifs is 1. The molecule has 0 saturated carbocycles. The van der Waals surface area contributed by atoms with Crippen LogP contribution in [0, 0.1) is 0 Å². The topological polar surface area (TPSA) is 126 Å². The Morgan fingerprint density at radius 1 is 0.857 bits per heavy atom. The average molecular weight is 497 g/mol. The van der Waals surface area contributed by atoms with Crippen molar-refractivity contribution in [3.63, 3.8) is 0 Å². The second kappa shape index (κ2) is 11.4. The Morgan fingerprint density at radius 3 is 2.20 bits per heavy atom. The first-order chi connectivity index (χ1) is 17.0. The van der Waals surface area contributed by atoms with E-state index in [0.29, 0.717) is 65.7 Å². The molecule has 2 aromatic carbocycles. The van der Waals surface area contributed by atoms with Crippen molar-refractivity contribution in [3.8, 4) is 22.9 Å². The first-order valence-corrected chi connectivity index (χ1v) is 11.4. The van der Waals surface area contributed by atoms with Crippen molar-refractivity contribution in [1.29, 1.82) is 0 Å². The van der Waals surface area contributed by atoms with Crippen LogP contribution in [0.2, 0.25) is 5.02 Å². The zero-order valence-corrected chi connectivity index (χ0v) is 19.8. The van der Waals surface area contributed by atoms with Gasteiger partial charge in [0.1, 0.15) is 11.6 Å². The fourth-order valence-corrected chi connectivity index (χ4v) is 3.42. The van der Waals surface area contributed by atoms with Crippen molar-refractivity contribution in [3.05, 3.63) is 59.1 Å². The van der Waals surface area contributed by atoms with E-state index < -0.39 is 0 Å². The van der Waals surface area contributed by atoms with Gasteiger partial charge in [-0.15, -0.1) is 0 Å². The van der Waals surface area contributed by atoms with Crippen molar-refractivity contribution in [1.82, 2.24) is 20.6 Å². The summed E-state index contributed by atoms with van der Waals surface area (Å²) < 4.78 is 10.6. The zero-order valence-electron chi connectivity index (χ0n) is 19.1. The van der Waals surface area contributed by atoms with Gasteiger partial charge in [0.25, 0.3) is 5.91 Å². The number of hydrogen-bond acceptors (Lipinski definition) is 8. The third kappa shape index (κ3) is 6.73. The van der Waals surface area contributed by atoms with Crippen LogP contribution in [0.5, 0.6) is 11.5 Å². The van der Waals surface area contributed by atoms with Crippen LogP contribution in [0.15, 0.2) is 48.5 Å². The molecule has 0 bridgehead atoms. The number of aromatic nitrogens is 2. The van der Waals surface area contributed by atoms with E-state index in [1.165, 1.54) is 6.92 Å². The Labute approximate surface area is 207 Å². The van der Waals surface area contributed by atoms with Crippen LogP contribution < -0.4 is 30.7 Å². The number of rotatable bonds is 10. The van der Waals surface area contributed by atoms with Gasteiger partial charge in [0, 0.05) is 55.3 Å². The summed E-state index contributed by atoms with van der Waals surface area (Å²) >= 11 is 6.01. The molecule has 10 nitrogen and oxygen atoms in total. The zero-order chi connectivity index (χ0) is 24.6. The van der Waals surface area contributed by atoms with Crippen LogP contribution in [-0.2, 0) is 4.79 Å². The molecule has 0 fully saturated rings. The molecule has 1 aliphatic rings. The van der Waals surface area contributed by atoms with Crippen LogP contribution in [0.3, 0.4) is 0 Å². The summed E-state index contributed by atoms with van der Waals surface area (Å²) in [5, 5.41) is 12.6. The Kier molecular flexibility index (Phi) is 7.84. The standard InChI is InChI=1S/C24H25ClN6O4/c1-15(32)26-8-9-27-21-13-22(31-23(30-21)16-2-5-18(25)6-3-16)28-10-11-29-24(33)17-4-7-19-20(12-17)35-14-34-19/h2-7,12-13H,8-11,14H2,1H3,(H,26,32)(H,29,33)(H2,27,28,30,31). The third-order valence-electron chi connectivity index (χ3n) is 4.99. The molecule has 182 valence electrons. The molecule has 0 unspecified atom stereocenters. The number of benzene rings is 2. The monoisotopic (exact) mass is 496 g/mol. The van der Waals surface area contributed by atoms with Gasteiger partial charge >= 0.3 is 0 Å². The lowest BCUT2D eigenvalue weighted by molar-refractivity contribution is -0.118. The van der Waals surface area contributed by atoms with Gasteiger partial charge in [-0.05, 0) is 42.5 Å². The summed E-state index contributed by atoms with van der Waals surface area (Å²) in [6, 6.07) is 14.1. The first-order valence-electron chi connectivity index (χ1n) is 11.0. The molecule has 0 spiro atoms. The van der Waals surface area contributed by atoms with E-state index in [0.717, 1.165) is 5.56 Å². The minimum atomic E-state index is -0.213. The number of anilines is 2. The van der Waals surface area contributed by atoms with Gasteiger partial charge in [-0.25, -0.2) is 9.97 Å². The van der Waals surface area contributed by atoms with Gasteiger partial charge in [-0.3, -0.25) is 9.59 Å². The molecule has 4 N–H and O–H groups in total. The lowest BCUT2D eigenvalue weighted by Gasteiger charge is -2.12. The van der Waals surface area contributed by atoms with E-state index in [1.54, 1.807) is 36.4 Å². The highest BCUT2D eigenvalue weighted by atomic mass is 35.5. The van der Waals surface area contributed by atoms with Gasteiger partial charge in [0.15, 0.2) is 17.3 Å². The van der Waals surface area contributed by atoms with Crippen LogP contribution in [0.4, 0.5) is 11.6 Å². The second-order valence-electron chi connectivity index (χ2n) is 7.63. The molecule has 11 heteroatoms. The van der Waals surface area contributed by atoms with Crippen molar-refractivity contribution in [2.24, 2.45) is 0 Å². The summed E-state index contributed by atoms with van der Waals surface area (Å²) in [6.45, 7) is 3.41. The summed E-state index contributed by atoms with van der Waals surface area (Å²) in [4.78, 5) is 32.7. The maximum atomic E-state index is 12.5. The molecule has 0 atom stereocenters. The molecule has 35 heavy (non-hydrogen) atoms. The number of carbonyl (C=O) groups excluding carboxylic acids is 2. The van der Waals surface area contributed by atoms with Gasteiger partial charge in [0.05, 0.1) is 0 Å². The molecule has 0 aliphatic carbocycles. The van der Waals surface area contributed by atoms with Crippen molar-refractivity contribution in [2.45, 2.75) is 6.92 Å². The van der Waals surface area contributed by atoms with Crippen LogP contribution in [-0.4, -0.2) is 54.8 Å². The second-order valence-corrected chi connectivity index (χ2v) is 8.07. The van der Waals surface area contributed by atoms with E-state index in [4.69, 9.17) is 21.1 Å². The third-order valence-corrected chi connectivity index (χ3v) is 5.24. The Balaban J connectivity index is 1.37. The van der Waals surface area contributed by atoms with Gasteiger partial charge < -0.3 is 30.7 Å². The fraction of sp³-hybridized carbons (Fsp3) is 0.250. The largest absolute Gasteiger partial charge is 0.454 e. The van der Waals surface area contributed by atoms with E-state index in [2.05, 4.69) is 31.2 Å². The Bertz CT molecular complexity index is 1210.